The van der Waals surface area contributed by atoms with E-state index in [1.54, 1.807) is 6.20 Å². The number of carbonyl (C=O) groups excluding carboxylic acids is 1. The predicted molar refractivity (Wildman–Crippen MR) is 68.1 cm³/mol. The molecule has 0 bridgehead atoms. The summed E-state index contributed by atoms with van der Waals surface area (Å²) >= 11 is 0. The van der Waals surface area contributed by atoms with Crippen LogP contribution in [0.25, 0.3) is 5.65 Å². The molecule has 1 aliphatic heterocycles. The Morgan fingerprint density at radius 3 is 3.33 bits per heavy atom. The maximum Gasteiger partial charge on any atom is 0.237 e. The molecule has 1 aliphatic rings. The van der Waals surface area contributed by atoms with Gasteiger partial charge in [-0.15, -0.1) is 0 Å². The lowest BCUT2D eigenvalue weighted by atomic mass is 10.2. The average molecular weight is 244 g/mol. The Balaban J connectivity index is 1.63. The Morgan fingerprint density at radius 1 is 1.56 bits per heavy atom. The summed E-state index contributed by atoms with van der Waals surface area (Å²) in [6, 6.07) is 3.97. The fourth-order valence-electron chi connectivity index (χ4n) is 2.28. The average Bonchev–Trinajstić information content (AvgIpc) is 3.05. The van der Waals surface area contributed by atoms with Gasteiger partial charge in [0.05, 0.1) is 6.04 Å². The minimum atomic E-state index is -0.0137. The summed E-state index contributed by atoms with van der Waals surface area (Å²) in [5.74, 6) is 0.0933. The van der Waals surface area contributed by atoms with E-state index < -0.39 is 0 Å². The molecule has 3 rings (SSSR count). The van der Waals surface area contributed by atoms with Crippen molar-refractivity contribution in [2.75, 3.05) is 6.54 Å². The number of nitrogens with zero attached hydrogens (tertiary/aromatic N) is 2. The smallest absolute Gasteiger partial charge is 0.237 e. The zero-order chi connectivity index (χ0) is 12.4. The van der Waals surface area contributed by atoms with E-state index in [2.05, 4.69) is 15.6 Å². The van der Waals surface area contributed by atoms with Gasteiger partial charge in [-0.1, -0.05) is 0 Å². The number of aromatic nitrogens is 2. The van der Waals surface area contributed by atoms with Crippen molar-refractivity contribution in [3.8, 4) is 0 Å². The van der Waals surface area contributed by atoms with E-state index >= 15 is 0 Å². The molecule has 94 valence electrons. The Kier molecular flexibility index (Phi) is 2.98. The number of amides is 1. The van der Waals surface area contributed by atoms with Gasteiger partial charge >= 0.3 is 0 Å². The van der Waals surface area contributed by atoms with Gasteiger partial charge in [0.2, 0.25) is 5.91 Å². The van der Waals surface area contributed by atoms with Crippen molar-refractivity contribution >= 4 is 11.6 Å². The number of pyridine rings is 1. The maximum absolute atomic E-state index is 11.8. The van der Waals surface area contributed by atoms with Gasteiger partial charge in [-0.3, -0.25) is 4.79 Å². The molecule has 0 aromatic carbocycles. The van der Waals surface area contributed by atoms with E-state index in [1.807, 2.05) is 28.9 Å². The molecule has 2 aromatic heterocycles. The minimum absolute atomic E-state index is 0.0137. The molecule has 0 radical (unpaired) electrons. The summed E-state index contributed by atoms with van der Waals surface area (Å²) in [6.45, 7) is 1.50. The third-order valence-electron chi connectivity index (χ3n) is 3.31. The van der Waals surface area contributed by atoms with Gasteiger partial charge in [0.15, 0.2) is 0 Å². The summed E-state index contributed by atoms with van der Waals surface area (Å²) < 4.78 is 1.95. The second-order valence-corrected chi connectivity index (χ2v) is 4.59. The van der Waals surface area contributed by atoms with Gasteiger partial charge in [-0.25, -0.2) is 4.98 Å². The number of rotatable bonds is 3. The van der Waals surface area contributed by atoms with E-state index in [0.29, 0.717) is 6.54 Å². The topological polar surface area (TPSA) is 58.4 Å². The van der Waals surface area contributed by atoms with Crippen LogP contribution in [0.1, 0.15) is 18.4 Å². The van der Waals surface area contributed by atoms with Crippen molar-refractivity contribution in [2.24, 2.45) is 0 Å². The van der Waals surface area contributed by atoms with Crippen LogP contribution in [0.2, 0.25) is 0 Å². The second kappa shape index (κ2) is 4.78. The van der Waals surface area contributed by atoms with Crippen LogP contribution < -0.4 is 10.6 Å². The van der Waals surface area contributed by atoms with Gasteiger partial charge in [0.25, 0.3) is 0 Å². The molecule has 18 heavy (non-hydrogen) atoms. The van der Waals surface area contributed by atoms with Gasteiger partial charge in [0.1, 0.15) is 5.65 Å². The Labute approximate surface area is 105 Å². The molecular weight excluding hydrogens is 228 g/mol. The molecular formula is C13H16N4O. The number of hydrogen-bond acceptors (Lipinski definition) is 3. The van der Waals surface area contributed by atoms with Crippen molar-refractivity contribution in [1.29, 1.82) is 0 Å². The van der Waals surface area contributed by atoms with Crippen LogP contribution >= 0.6 is 0 Å². The summed E-state index contributed by atoms with van der Waals surface area (Å²) in [7, 11) is 0. The van der Waals surface area contributed by atoms with E-state index in [1.165, 1.54) is 0 Å². The fraction of sp³-hybridized carbons (Fsp3) is 0.385. The van der Waals surface area contributed by atoms with Crippen molar-refractivity contribution in [1.82, 2.24) is 20.0 Å². The maximum atomic E-state index is 11.8. The first kappa shape index (κ1) is 11.2. The molecule has 0 aliphatic carbocycles. The lowest BCUT2D eigenvalue weighted by Gasteiger charge is -2.11. The van der Waals surface area contributed by atoms with Crippen LogP contribution in [0, 0.1) is 0 Å². The summed E-state index contributed by atoms with van der Waals surface area (Å²) in [6.07, 6.45) is 7.64. The summed E-state index contributed by atoms with van der Waals surface area (Å²) in [5.41, 5.74) is 1.97. The van der Waals surface area contributed by atoms with Crippen molar-refractivity contribution < 1.29 is 4.79 Å². The van der Waals surface area contributed by atoms with Crippen molar-refractivity contribution in [2.45, 2.75) is 25.4 Å². The van der Waals surface area contributed by atoms with Gasteiger partial charge in [0, 0.05) is 25.1 Å². The SMILES string of the molecule is O=C(NCc1ccn2ccnc2c1)C1CCCN1. The van der Waals surface area contributed by atoms with Crippen LogP contribution in [0.4, 0.5) is 0 Å². The lowest BCUT2D eigenvalue weighted by molar-refractivity contribution is -0.122. The van der Waals surface area contributed by atoms with Crippen molar-refractivity contribution in [3.05, 3.63) is 36.3 Å². The first-order valence-corrected chi connectivity index (χ1v) is 6.25. The normalized spacial score (nSPS) is 19.2. The molecule has 1 saturated heterocycles. The van der Waals surface area contributed by atoms with E-state index in [4.69, 9.17) is 0 Å². The molecule has 3 heterocycles. The first-order valence-electron chi connectivity index (χ1n) is 6.25. The van der Waals surface area contributed by atoms with Crippen LogP contribution in [-0.2, 0) is 11.3 Å². The first-order chi connectivity index (χ1) is 8.83. The lowest BCUT2D eigenvalue weighted by Crippen LogP contribution is -2.39. The van der Waals surface area contributed by atoms with Crippen molar-refractivity contribution in [3.63, 3.8) is 0 Å². The highest BCUT2D eigenvalue weighted by molar-refractivity contribution is 5.82. The number of carbonyl (C=O) groups is 1. The molecule has 1 unspecified atom stereocenters. The third kappa shape index (κ3) is 2.22. The monoisotopic (exact) mass is 244 g/mol. The van der Waals surface area contributed by atoms with Gasteiger partial charge < -0.3 is 15.0 Å². The third-order valence-corrected chi connectivity index (χ3v) is 3.31. The molecule has 5 heteroatoms. The highest BCUT2D eigenvalue weighted by atomic mass is 16.2. The summed E-state index contributed by atoms with van der Waals surface area (Å²) in [5, 5.41) is 6.15. The Hall–Kier alpha value is -1.88. The minimum Gasteiger partial charge on any atom is -0.351 e. The second-order valence-electron chi connectivity index (χ2n) is 4.59. The predicted octanol–water partition coefficient (Wildman–Crippen LogP) is 0.702. The Bertz CT molecular complexity index is 557. The van der Waals surface area contributed by atoms with Crippen LogP contribution in [0.5, 0.6) is 0 Å². The molecule has 0 saturated carbocycles. The molecule has 2 aromatic rings. The molecule has 2 N–H and O–H groups in total. The molecule has 1 amide bonds. The largest absolute Gasteiger partial charge is 0.351 e. The number of fused-ring (bicyclic) bond motifs is 1. The van der Waals surface area contributed by atoms with Gasteiger partial charge in [-0.2, -0.15) is 0 Å². The van der Waals surface area contributed by atoms with E-state index in [9.17, 15) is 4.79 Å². The Morgan fingerprint density at radius 2 is 2.50 bits per heavy atom. The zero-order valence-electron chi connectivity index (χ0n) is 10.1. The highest BCUT2D eigenvalue weighted by Crippen LogP contribution is 2.07. The highest BCUT2D eigenvalue weighted by Gasteiger charge is 2.21. The summed E-state index contributed by atoms with van der Waals surface area (Å²) in [4.78, 5) is 16.1. The molecule has 1 atom stereocenters. The van der Waals surface area contributed by atoms with Gasteiger partial charge in [-0.05, 0) is 37.1 Å². The molecule has 5 nitrogen and oxygen atoms in total. The van der Waals surface area contributed by atoms with Crippen LogP contribution in [-0.4, -0.2) is 27.9 Å². The zero-order valence-corrected chi connectivity index (χ0v) is 10.1. The van der Waals surface area contributed by atoms with Crippen LogP contribution in [0.3, 0.4) is 0 Å². The molecule has 1 fully saturated rings. The number of imidazole rings is 1. The number of hydrogen-bond donors (Lipinski definition) is 2. The molecule has 0 spiro atoms. The standard InChI is InChI=1S/C13H16N4O/c18-13(11-2-1-4-14-11)16-9-10-3-6-17-7-5-15-12(17)8-10/h3,5-8,11,14H,1-2,4,9H2,(H,16,18). The van der Waals surface area contributed by atoms with E-state index in [-0.39, 0.29) is 11.9 Å². The van der Waals surface area contributed by atoms with E-state index in [0.717, 1.165) is 30.6 Å². The number of nitrogens with one attached hydrogen (secondary N) is 2. The fourth-order valence-corrected chi connectivity index (χ4v) is 2.28. The van der Waals surface area contributed by atoms with Crippen LogP contribution in [0.15, 0.2) is 30.7 Å². The quantitative estimate of drug-likeness (QED) is 0.835.